The second kappa shape index (κ2) is 10.8. The van der Waals surface area contributed by atoms with Crippen LogP contribution in [0.25, 0.3) is 0 Å². The minimum absolute atomic E-state index is 0.132. The molecule has 1 aromatic carbocycles. The minimum Gasteiger partial charge on any atom is -0.469 e. The lowest BCUT2D eigenvalue weighted by Crippen LogP contribution is -3.15. The first-order valence-corrected chi connectivity index (χ1v) is 9.37. The maximum Gasteiger partial charge on any atom is 0.305 e. The van der Waals surface area contributed by atoms with Crippen molar-refractivity contribution in [2.45, 2.75) is 12.8 Å². The third-order valence-electron chi connectivity index (χ3n) is 4.34. The first kappa shape index (κ1) is 21.0. The van der Waals surface area contributed by atoms with E-state index < -0.39 is 0 Å². The number of esters is 1. The summed E-state index contributed by atoms with van der Waals surface area (Å²) in [6.45, 7) is 4.05. The van der Waals surface area contributed by atoms with Gasteiger partial charge in [-0.05, 0) is 36.8 Å². The van der Waals surface area contributed by atoms with Gasteiger partial charge < -0.3 is 25.2 Å². The number of ether oxygens (including phenoxy) is 1. The number of hydrogen-bond acceptors (Lipinski definition) is 4. The van der Waals surface area contributed by atoms with Crippen LogP contribution in [0.5, 0.6) is 0 Å². The molecule has 1 aliphatic rings. The maximum atomic E-state index is 13.2. The zero-order valence-electron chi connectivity index (χ0n) is 15.4. The molecule has 1 amide bonds. The van der Waals surface area contributed by atoms with Gasteiger partial charge in [0.05, 0.1) is 33.3 Å². The van der Waals surface area contributed by atoms with Crippen LogP contribution >= 0.6 is 12.2 Å². The summed E-state index contributed by atoms with van der Waals surface area (Å²) >= 11 is 5.38. The fraction of sp³-hybridized carbons (Fsp3) is 0.500. The van der Waals surface area contributed by atoms with E-state index in [4.69, 9.17) is 12.2 Å². The molecule has 27 heavy (non-hydrogen) atoms. The highest BCUT2D eigenvalue weighted by atomic mass is 32.1. The molecule has 0 radical (unpaired) electrons. The number of benzene rings is 1. The number of nitrogens with one attached hydrogen (secondary N) is 3. The summed E-state index contributed by atoms with van der Waals surface area (Å²) in [4.78, 5) is 26.4. The Balaban J connectivity index is 1.65. The van der Waals surface area contributed by atoms with Gasteiger partial charge in [-0.15, -0.1) is 0 Å². The molecule has 3 N–H and O–H groups in total. The van der Waals surface area contributed by atoms with E-state index in [9.17, 15) is 14.0 Å². The molecule has 0 spiro atoms. The smallest absolute Gasteiger partial charge is 0.305 e. The Morgan fingerprint density at radius 2 is 2.07 bits per heavy atom. The molecule has 0 aliphatic carbocycles. The summed E-state index contributed by atoms with van der Waals surface area (Å²) in [5, 5.41) is 6.54. The van der Waals surface area contributed by atoms with Crippen molar-refractivity contribution < 1.29 is 23.6 Å². The SMILES string of the molecule is COC(=O)CCCNC(=S)N1CC[NH+](CC(=O)Nc2cccc(F)c2)CC1. The summed E-state index contributed by atoms with van der Waals surface area (Å²) < 4.78 is 17.8. The first-order chi connectivity index (χ1) is 13.0. The van der Waals surface area contributed by atoms with Crippen LogP contribution in [0.3, 0.4) is 0 Å². The molecule has 1 fully saturated rings. The van der Waals surface area contributed by atoms with Crippen molar-refractivity contribution in [3.8, 4) is 0 Å². The van der Waals surface area contributed by atoms with Gasteiger partial charge in [0, 0.05) is 18.7 Å². The topological polar surface area (TPSA) is 75.1 Å². The maximum absolute atomic E-state index is 13.2. The van der Waals surface area contributed by atoms with Crippen LogP contribution in [-0.4, -0.2) is 68.3 Å². The normalized spacial score (nSPS) is 14.5. The van der Waals surface area contributed by atoms with Crippen molar-refractivity contribution in [2.75, 3.05) is 51.7 Å². The van der Waals surface area contributed by atoms with Gasteiger partial charge >= 0.3 is 5.97 Å². The Hall–Kier alpha value is -2.26. The standard InChI is InChI=1S/C18H25FN4O3S/c1-26-17(25)6-3-7-20-18(27)23-10-8-22(9-11-23)13-16(24)21-15-5-2-4-14(19)12-15/h2,4-5,12H,3,6-11,13H2,1H3,(H,20,27)(H,21,24)/p+1. The molecule has 0 unspecified atom stereocenters. The van der Waals surface area contributed by atoms with E-state index in [1.54, 1.807) is 12.1 Å². The van der Waals surface area contributed by atoms with Crippen molar-refractivity contribution in [2.24, 2.45) is 0 Å². The second-order valence-corrected chi connectivity index (χ2v) is 6.77. The summed E-state index contributed by atoms with van der Waals surface area (Å²) in [5.74, 6) is -0.731. The predicted octanol–water partition coefficient (Wildman–Crippen LogP) is -0.208. The number of carbonyl (C=O) groups is 2. The number of hydrogen-bond donors (Lipinski definition) is 3. The summed E-state index contributed by atoms with van der Waals surface area (Å²) in [6, 6.07) is 5.87. The van der Waals surface area contributed by atoms with Gasteiger partial charge in [-0.3, -0.25) is 9.59 Å². The van der Waals surface area contributed by atoms with Crippen molar-refractivity contribution in [3.05, 3.63) is 30.1 Å². The number of quaternary nitrogens is 1. The first-order valence-electron chi connectivity index (χ1n) is 8.96. The van der Waals surface area contributed by atoms with Crippen LogP contribution < -0.4 is 15.5 Å². The van der Waals surface area contributed by atoms with Gasteiger partial charge in [-0.2, -0.15) is 0 Å². The molecule has 7 nitrogen and oxygen atoms in total. The number of rotatable bonds is 7. The van der Waals surface area contributed by atoms with E-state index in [0.29, 0.717) is 36.7 Å². The Labute approximate surface area is 163 Å². The van der Waals surface area contributed by atoms with Crippen molar-refractivity contribution in [1.82, 2.24) is 10.2 Å². The number of methoxy groups -OCH3 is 1. The summed E-state index contributed by atoms with van der Waals surface area (Å²) in [5.41, 5.74) is 0.468. The molecule has 2 rings (SSSR count). The molecule has 0 atom stereocenters. The number of thiocarbonyl (C=S) groups is 1. The molecule has 1 saturated heterocycles. The Morgan fingerprint density at radius 1 is 1.33 bits per heavy atom. The fourth-order valence-corrected chi connectivity index (χ4v) is 3.13. The van der Waals surface area contributed by atoms with Gasteiger partial charge in [-0.25, -0.2) is 4.39 Å². The van der Waals surface area contributed by atoms with Crippen molar-refractivity contribution >= 4 is 34.9 Å². The van der Waals surface area contributed by atoms with E-state index in [2.05, 4.69) is 20.3 Å². The summed E-state index contributed by atoms with van der Waals surface area (Å²) in [7, 11) is 1.38. The lowest BCUT2D eigenvalue weighted by Gasteiger charge is -2.33. The number of nitrogens with zero attached hydrogens (tertiary/aromatic N) is 1. The van der Waals surface area contributed by atoms with E-state index in [1.807, 2.05) is 0 Å². The van der Waals surface area contributed by atoms with Crippen LogP contribution in [0.15, 0.2) is 24.3 Å². The van der Waals surface area contributed by atoms with Crippen LogP contribution in [-0.2, 0) is 14.3 Å². The van der Waals surface area contributed by atoms with Crippen LogP contribution in [0.2, 0.25) is 0 Å². The van der Waals surface area contributed by atoms with Gasteiger partial charge in [0.15, 0.2) is 11.7 Å². The Morgan fingerprint density at radius 3 is 2.74 bits per heavy atom. The fourth-order valence-electron chi connectivity index (χ4n) is 2.84. The number of anilines is 1. The molecule has 1 aliphatic heterocycles. The van der Waals surface area contributed by atoms with E-state index >= 15 is 0 Å². The van der Waals surface area contributed by atoms with Crippen LogP contribution in [0.4, 0.5) is 10.1 Å². The van der Waals surface area contributed by atoms with E-state index in [0.717, 1.165) is 31.1 Å². The molecule has 0 saturated carbocycles. The molecule has 0 bridgehead atoms. The minimum atomic E-state index is -0.374. The third-order valence-corrected chi connectivity index (χ3v) is 4.74. The third kappa shape index (κ3) is 7.48. The lowest BCUT2D eigenvalue weighted by molar-refractivity contribution is -0.895. The van der Waals surface area contributed by atoms with Crippen LogP contribution in [0.1, 0.15) is 12.8 Å². The van der Waals surface area contributed by atoms with E-state index in [1.165, 1.54) is 19.2 Å². The van der Waals surface area contributed by atoms with Gasteiger partial charge in [0.2, 0.25) is 0 Å². The predicted molar refractivity (Wildman–Crippen MR) is 104 cm³/mol. The van der Waals surface area contributed by atoms with Gasteiger partial charge in [0.1, 0.15) is 5.82 Å². The highest BCUT2D eigenvalue weighted by Gasteiger charge is 2.23. The number of amides is 1. The van der Waals surface area contributed by atoms with Crippen molar-refractivity contribution in [1.29, 1.82) is 0 Å². The molecule has 9 heteroatoms. The molecule has 0 aromatic heterocycles. The van der Waals surface area contributed by atoms with Gasteiger partial charge in [-0.1, -0.05) is 6.07 Å². The van der Waals surface area contributed by atoms with Gasteiger partial charge in [0.25, 0.3) is 5.91 Å². The zero-order valence-corrected chi connectivity index (χ0v) is 16.2. The largest absolute Gasteiger partial charge is 0.469 e. The number of halogens is 1. The Kier molecular flexibility index (Phi) is 8.41. The molecular weight excluding hydrogens is 371 g/mol. The van der Waals surface area contributed by atoms with Crippen molar-refractivity contribution in [3.63, 3.8) is 0 Å². The average molecular weight is 397 g/mol. The number of piperazine rings is 1. The second-order valence-electron chi connectivity index (χ2n) is 6.38. The highest BCUT2D eigenvalue weighted by molar-refractivity contribution is 7.80. The molecule has 1 heterocycles. The number of carbonyl (C=O) groups excluding carboxylic acids is 2. The van der Waals surface area contributed by atoms with E-state index in [-0.39, 0.29) is 17.7 Å². The van der Waals surface area contributed by atoms with Crippen LogP contribution in [0, 0.1) is 5.82 Å². The zero-order chi connectivity index (χ0) is 19.6. The highest BCUT2D eigenvalue weighted by Crippen LogP contribution is 2.08. The monoisotopic (exact) mass is 397 g/mol. The molecule has 1 aromatic rings. The lowest BCUT2D eigenvalue weighted by atomic mass is 10.3. The summed E-state index contributed by atoms with van der Waals surface area (Å²) in [6.07, 6.45) is 1.03. The molecular formula is C18H26FN4O3S+. The quantitative estimate of drug-likeness (QED) is 0.336. The Bertz CT molecular complexity index is 666. The molecule has 148 valence electrons. The average Bonchev–Trinajstić information content (AvgIpc) is 2.65.